The van der Waals surface area contributed by atoms with E-state index in [1.807, 2.05) is 6.07 Å². The summed E-state index contributed by atoms with van der Waals surface area (Å²) in [6.07, 6.45) is 4.63. The van der Waals surface area contributed by atoms with Gasteiger partial charge < -0.3 is 19.4 Å². The quantitative estimate of drug-likeness (QED) is 0.689. The normalized spacial score (nSPS) is 10.5. The molecule has 1 aromatic heterocycles. The van der Waals surface area contributed by atoms with Gasteiger partial charge in [0.15, 0.2) is 0 Å². The second kappa shape index (κ2) is 10.6. The molecule has 0 aliphatic rings. The minimum absolute atomic E-state index is 0. The highest BCUT2D eigenvalue weighted by Gasteiger charge is 1.97. The van der Waals surface area contributed by atoms with Crippen molar-refractivity contribution < 1.29 is 9.15 Å². The summed E-state index contributed by atoms with van der Waals surface area (Å²) in [5.74, 6) is 0. The molecule has 0 bridgehead atoms. The Labute approximate surface area is 110 Å². The van der Waals surface area contributed by atoms with Crippen molar-refractivity contribution in [3.63, 3.8) is 0 Å². The molecular weight excluding hydrogens is 240 g/mol. The SMILES string of the molecule is COCCN(C)CCCNCc1ccoc1.Cl. The van der Waals surface area contributed by atoms with E-state index in [0.717, 1.165) is 39.2 Å². The molecule has 0 fully saturated rings. The zero-order valence-electron chi connectivity index (χ0n) is 10.6. The fourth-order valence-electron chi connectivity index (χ4n) is 1.46. The lowest BCUT2D eigenvalue weighted by Crippen LogP contribution is -2.26. The molecule has 0 aliphatic carbocycles. The number of ether oxygens (including phenoxy) is 1. The van der Waals surface area contributed by atoms with E-state index >= 15 is 0 Å². The van der Waals surface area contributed by atoms with Gasteiger partial charge in [-0.1, -0.05) is 0 Å². The van der Waals surface area contributed by atoms with Gasteiger partial charge in [-0.15, -0.1) is 12.4 Å². The van der Waals surface area contributed by atoms with Crippen molar-refractivity contribution in [2.24, 2.45) is 0 Å². The summed E-state index contributed by atoms with van der Waals surface area (Å²) in [6.45, 7) is 4.82. The van der Waals surface area contributed by atoms with Gasteiger partial charge in [-0.3, -0.25) is 0 Å². The minimum atomic E-state index is 0. The zero-order chi connectivity index (χ0) is 11.6. The Morgan fingerprint density at radius 3 is 2.88 bits per heavy atom. The largest absolute Gasteiger partial charge is 0.472 e. The predicted octanol–water partition coefficient (Wildman–Crippen LogP) is 1.76. The second-order valence-corrected chi connectivity index (χ2v) is 3.96. The summed E-state index contributed by atoms with van der Waals surface area (Å²) in [4.78, 5) is 2.28. The molecule has 0 amide bonds. The van der Waals surface area contributed by atoms with E-state index in [9.17, 15) is 0 Å². The number of hydrogen-bond donors (Lipinski definition) is 1. The van der Waals surface area contributed by atoms with Gasteiger partial charge in [0.1, 0.15) is 0 Å². The van der Waals surface area contributed by atoms with Crippen LogP contribution < -0.4 is 5.32 Å². The number of furan rings is 1. The van der Waals surface area contributed by atoms with Gasteiger partial charge in [0.2, 0.25) is 0 Å². The van der Waals surface area contributed by atoms with E-state index in [4.69, 9.17) is 9.15 Å². The van der Waals surface area contributed by atoms with E-state index in [2.05, 4.69) is 17.3 Å². The number of halogens is 1. The molecule has 5 heteroatoms. The number of methoxy groups -OCH3 is 1. The monoisotopic (exact) mass is 262 g/mol. The van der Waals surface area contributed by atoms with E-state index in [-0.39, 0.29) is 12.4 Å². The van der Waals surface area contributed by atoms with E-state index in [0.29, 0.717) is 0 Å². The molecule has 0 spiro atoms. The van der Waals surface area contributed by atoms with Gasteiger partial charge in [0.25, 0.3) is 0 Å². The Hall–Kier alpha value is -0.550. The Bertz CT molecular complexity index is 255. The first-order chi connectivity index (χ1) is 7.83. The van der Waals surface area contributed by atoms with Crippen molar-refractivity contribution in [1.29, 1.82) is 0 Å². The number of hydrogen-bond acceptors (Lipinski definition) is 4. The third-order valence-electron chi connectivity index (χ3n) is 2.48. The van der Waals surface area contributed by atoms with Crippen molar-refractivity contribution in [1.82, 2.24) is 10.2 Å². The van der Waals surface area contributed by atoms with Gasteiger partial charge in [0, 0.05) is 25.8 Å². The molecule has 100 valence electrons. The van der Waals surface area contributed by atoms with Crippen LogP contribution in [-0.2, 0) is 11.3 Å². The summed E-state index contributed by atoms with van der Waals surface area (Å²) < 4.78 is 10.0. The van der Waals surface area contributed by atoms with Gasteiger partial charge in [-0.25, -0.2) is 0 Å². The summed E-state index contributed by atoms with van der Waals surface area (Å²) in [5, 5.41) is 3.38. The summed E-state index contributed by atoms with van der Waals surface area (Å²) in [7, 11) is 3.86. The van der Waals surface area contributed by atoms with Crippen LogP contribution in [0.4, 0.5) is 0 Å². The molecule has 0 aliphatic heterocycles. The van der Waals surface area contributed by atoms with E-state index in [1.54, 1.807) is 19.6 Å². The average molecular weight is 263 g/mol. The van der Waals surface area contributed by atoms with Crippen molar-refractivity contribution in [3.8, 4) is 0 Å². The Morgan fingerprint density at radius 1 is 1.41 bits per heavy atom. The fourth-order valence-corrected chi connectivity index (χ4v) is 1.46. The minimum Gasteiger partial charge on any atom is -0.472 e. The Balaban J connectivity index is 0.00000256. The topological polar surface area (TPSA) is 37.6 Å². The number of likely N-dealkylation sites (N-methyl/N-ethyl adjacent to an activating group) is 1. The third kappa shape index (κ3) is 8.21. The van der Waals surface area contributed by atoms with Crippen molar-refractivity contribution in [2.75, 3.05) is 40.4 Å². The van der Waals surface area contributed by atoms with Crippen molar-refractivity contribution in [2.45, 2.75) is 13.0 Å². The van der Waals surface area contributed by atoms with Crippen molar-refractivity contribution >= 4 is 12.4 Å². The molecule has 1 rings (SSSR count). The zero-order valence-corrected chi connectivity index (χ0v) is 11.5. The van der Waals surface area contributed by atoms with Crippen LogP contribution in [0.5, 0.6) is 0 Å². The number of rotatable bonds is 9. The van der Waals surface area contributed by atoms with Crippen LogP contribution in [0.2, 0.25) is 0 Å². The lowest BCUT2D eigenvalue weighted by atomic mass is 10.3. The van der Waals surface area contributed by atoms with Crippen LogP contribution in [-0.4, -0.2) is 45.3 Å². The highest BCUT2D eigenvalue weighted by atomic mass is 35.5. The average Bonchev–Trinajstić information content (AvgIpc) is 2.79. The molecule has 0 saturated carbocycles. The molecule has 0 atom stereocenters. The molecule has 0 radical (unpaired) electrons. The molecule has 0 unspecified atom stereocenters. The maximum Gasteiger partial charge on any atom is 0.0947 e. The van der Waals surface area contributed by atoms with Gasteiger partial charge in [-0.2, -0.15) is 0 Å². The number of nitrogens with zero attached hydrogens (tertiary/aromatic N) is 1. The first-order valence-electron chi connectivity index (χ1n) is 5.72. The Kier molecular flexibility index (Phi) is 10.3. The van der Waals surface area contributed by atoms with E-state index in [1.165, 1.54) is 5.56 Å². The fraction of sp³-hybridized carbons (Fsp3) is 0.667. The first kappa shape index (κ1) is 16.4. The highest BCUT2D eigenvalue weighted by Crippen LogP contribution is 1.98. The lowest BCUT2D eigenvalue weighted by Gasteiger charge is -2.15. The molecular formula is C12H23ClN2O2. The predicted molar refractivity (Wildman–Crippen MR) is 71.7 cm³/mol. The smallest absolute Gasteiger partial charge is 0.0947 e. The van der Waals surface area contributed by atoms with Crippen LogP contribution in [0.15, 0.2) is 23.0 Å². The summed E-state index contributed by atoms with van der Waals surface area (Å²) >= 11 is 0. The molecule has 0 aromatic carbocycles. The van der Waals surface area contributed by atoms with Crippen LogP contribution >= 0.6 is 12.4 Å². The molecule has 1 aromatic rings. The first-order valence-corrected chi connectivity index (χ1v) is 5.72. The van der Waals surface area contributed by atoms with Crippen molar-refractivity contribution in [3.05, 3.63) is 24.2 Å². The van der Waals surface area contributed by atoms with Crippen LogP contribution in [0.3, 0.4) is 0 Å². The lowest BCUT2D eigenvalue weighted by molar-refractivity contribution is 0.160. The molecule has 1 N–H and O–H groups in total. The van der Waals surface area contributed by atoms with Crippen LogP contribution in [0, 0.1) is 0 Å². The Morgan fingerprint density at radius 2 is 2.24 bits per heavy atom. The molecule has 17 heavy (non-hydrogen) atoms. The summed E-state index contributed by atoms with van der Waals surface area (Å²) in [5.41, 5.74) is 1.20. The summed E-state index contributed by atoms with van der Waals surface area (Å²) in [6, 6.07) is 1.98. The van der Waals surface area contributed by atoms with Crippen LogP contribution in [0.1, 0.15) is 12.0 Å². The molecule has 0 saturated heterocycles. The van der Waals surface area contributed by atoms with Gasteiger partial charge in [0.05, 0.1) is 19.1 Å². The van der Waals surface area contributed by atoms with Gasteiger partial charge in [-0.05, 0) is 32.6 Å². The highest BCUT2D eigenvalue weighted by molar-refractivity contribution is 5.85. The van der Waals surface area contributed by atoms with Crippen LogP contribution in [0.25, 0.3) is 0 Å². The molecule has 1 heterocycles. The third-order valence-corrected chi connectivity index (χ3v) is 2.48. The standard InChI is InChI=1S/C12H22N2O2.ClH/c1-14(7-9-15-2)6-3-5-13-10-12-4-8-16-11-12;/h4,8,11,13H,3,5-7,9-10H2,1-2H3;1H. The maximum absolute atomic E-state index is 5.02. The number of nitrogens with one attached hydrogen (secondary N) is 1. The van der Waals surface area contributed by atoms with E-state index < -0.39 is 0 Å². The molecule has 4 nitrogen and oxygen atoms in total. The second-order valence-electron chi connectivity index (χ2n) is 3.96. The maximum atomic E-state index is 5.02. The van der Waals surface area contributed by atoms with Gasteiger partial charge >= 0.3 is 0 Å².